The molecular formula is C13H19NO3S. The number of amides is 1. The van der Waals surface area contributed by atoms with Crippen molar-refractivity contribution in [3.05, 3.63) is 0 Å². The highest BCUT2D eigenvalue weighted by Crippen LogP contribution is 2.29. The van der Waals surface area contributed by atoms with Crippen molar-refractivity contribution in [2.24, 2.45) is 11.8 Å². The molecule has 4 nitrogen and oxygen atoms in total. The Labute approximate surface area is 112 Å². The van der Waals surface area contributed by atoms with E-state index in [1.807, 2.05) is 0 Å². The molecular weight excluding hydrogens is 250 g/mol. The monoisotopic (exact) mass is 269 g/mol. The molecule has 0 spiro atoms. The molecule has 0 aromatic carbocycles. The fraction of sp³-hybridized carbons (Fsp3) is 0.692. The second kappa shape index (κ2) is 8.04. The van der Waals surface area contributed by atoms with Gasteiger partial charge < -0.3 is 10.4 Å². The number of terminal acetylenes is 1. The molecule has 2 atom stereocenters. The molecule has 0 heterocycles. The van der Waals surface area contributed by atoms with Gasteiger partial charge in [-0.2, -0.15) is 0 Å². The van der Waals surface area contributed by atoms with E-state index in [0.29, 0.717) is 25.1 Å². The lowest BCUT2D eigenvalue weighted by molar-refractivity contribution is -0.144. The second-order valence-electron chi connectivity index (χ2n) is 4.45. The first-order valence-corrected chi connectivity index (χ1v) is 7.32. The van der Waals surface area contributed by atoms with Crippen LogP contribution in [0.25, 0.3) is 0 Å². The molecule has 1 aliphatic rings. The standard InChI is InChI=1S/C13H19NO3S/c1-2-7-18-8-6-14-12(15)10-4-3-5-11(9-10)13(16)17/h1,10-11H,3-9H2,(H,14,15)(H,16,17). The van der Waals surface area contributed by atoms with E-state index in [1.165, 1.54) is 0 Å². The van der Waals surface area contributed by atoms with Crippen LogP contribution in [0.5, 0.6) is 0 Å². The van der Waals surface area contributed by atoms with Crippen molar-refractivity contribution in [1.29, 1.82) is 0 Å². The first-order chi connectivity index (χ1) is 8.65. The highest BCUT2D eigenvalue weighted by molar-refractivity contribution is 7.99. The Kier molecular flexibility index (Phi) is 6.66. The summed E-state index contributed by atoms with van der Waals surface area (Å²) in [5, 5.41) is 11.8. The van der Waals surface area contributed by atoms with Gasteiger partial charge in [0.25, 0.3) is 0 Å². The van der Waals surface area contributed by atoms with E-state index in [2.05, 4.69) is 11.2 Å². The number of hydrogen-bond donors (Lipinski definition) is 2. The predicted octanol–water partition coefficient (Wildman–Crippen LogP) is 1.36. The van der Waals surface area contributed by atoms with Crippen LogP contribution < -0.4 is 5.32 Å². The summed E-state index contributed by atoms with van der Waals surface area (Å²) in [5.41, 5.74) is 0. The fourth-order valence-corrected chi connectivity index (χ4v) is 2.68. The maximum absolute atomic E-state index is 11.8. The number of carboxylic acid groups (broad SMARTS) is 1. The van der Waals surface area contributed by atoms with Gasteiger partial charge in [0, 0.05) is 18.2 Å². The lowest BCUT2D eigenvalue weighted by atomic mass is 9.81. The summed E-state index contributed by atoms with van der Waals surface area (Å²) in [7, 11) is 0. The normalized spacial score (nSPS) is 23.1. The number of carboxylic acids is 1. The van der Waals surface area contributed by atoms with Crippen molar-refractivity contribution in [3.63, 3.8) is 0 Å². The van der Waals surface area contributed by atoms with Gasteiger partial charge in [0.1, 0.15) is 0 Å². The molecule has 5 heteroatoms. The number of carbonyl (C=O) groups excluding carboxylic acids is 1. The van der Waals surface area contributed by atoms with Crippen LogP contribution in [0.1, 0.15) is 25.7 Å². The number of hydrogen-bond acceptors (Lipinski definition) is 3. The van der Waals surface area contributed by atoms with Crippen molar-refractivity contribution in [1.82, 2.24) is 5.32 Å². The molecule has 0 saturated heterocycles. The van der Waals surface area contributed by atoms with E-state index in [-0.39, 0.29) is 17.7 Å². The van der Waals surface area contributed by atoms with E-state index in [9.17, 15) is 9.59 Å². The number of thioether (sulfide) groups is 1. The highest BCUT2D eigenvalue weighted by atomic mass is 32.2. The molecule has 0 radical (unpaired) electrons. The third kappa shape index (κ3) is 5.01. The second-order valence-corrected chi connectivity index (χ2v) is 5.55. The van der Waals surface area contributed by atoms with Crippen LogP contribution in [-0.4, -0.2) is 35.0 Å². The molecule has 0 bridgehead atoms. The first-order valence-electron chi connectivity index (χ1n) is 6.17. The summed E-state index contributed by atoms with van der Waals surface area (Å²) in [5.74, 6) is 2.68. The van der Waals surface area contributed by atoms with Crippen LogP contribution >= 0.6 is 11.8 Å². The van der Waals surface area contributed by atoms with Gasteiger partial charge in [0.15, 0.2) is 0 Å². The minimum absolute atomic E-state index is 0.0118. The Balaban J connectivity index is 2.24. The van der Waals surface area contributed by atoms with Crippen molar-refractivity contribution in [2.45, 2.75) is 25.7 Å². The Morgan fingerprint density at radius 3 is 2.78 bits per heavy atom. The van der Waals surface area contributed by atoms with Gasteiger partial charge in [-0.3, -0.25) is 9.59 Å². The molecule has 2 unspecified atom stereocenters. The van der Waals surface area contributed by atoms with Crippen molar-refractivity contribution in [3.8, 4) is 12.3 Å². The average molecular weight is 269 g/mol. The zero-order valence-corrected chi connectivity index (χ0v) is 11.2. The van der Waals surface area contributed by atoms with Crippen LogP contribution in [0, 0.1) is 24.2 Å². The molecule has 1 amide bonds. The molecule has 0 aromatic heterocycles. The van der Waals surface area contributed by atoms with Gasteiger partial charge in [-0.05, 0) is 19.3 Å². The van der Waals surface area contributed by atoms with E-state index in [4.69, 9.17) is 11.5 Å². The highest BCUT2D eigenvalue weighted by Gasteiger charge is 2.30. The van der Waals surface area contributed by atoms with E-state index in [1.54, 1.807) is 11.8 Å². The van der Waals surface area contributed by atoms with Crippen molar-refractivity contribution >= 4 is 23.6 Å². The van der Waals surface area contributed by atoms with E-state index < -0.39 is 5.97 Å². The minimum Gasteiger partial charge on any atom is -0.481 e. The largest absolute Gasteiger partial charge is 0.481 e. The first kappa shape index (κ1) is 14.9. The smallest absolute Gasteiger partial charge is 0.306 e. The zero-order valence-electron chi connectivity index (χ0n) is 10.4. The molecule has 1 saturated carbocycles. The van der Waals surface area contributed by atoms with Gasteiger partial charge in [-0.25, -0.2) is 0 Å². The van der Waals surface area contributed by atoms with Crippen LogP contribution in [0.2, 0.25) is 0 Å². The Morgan fingerprint density at radius 2 is 2.11 bits per heavy atom. The molecule has 2 N–H and O–H groups in total. The van der Waals surface area contributed by atoms with Gasteiger partial charge in [0.05, 0.1) is 11.7 Å². The van der Waals surface area contributed by atoms with Crippen LogP contribution in [-0.2, 0) is 9.59 Å². The molecule has 1 rings (SSSR count). The molecule has 1 fully saturated rings. The molecule has 0 aromatic rings. The summed E-state index contributed by atoms with van der Waals surface area (Å²) in [4.78, 5) is 22.7. The van der Waals surface area contributed by atoms with Crippen molar-refractivity contribution < 1.29 is 14.7 Å². The number of aliphatic carboxylic acids is 1. The minimum atomic E-state index is -0.780. The quantitative estimate of drug-likeness (QED) is 0.564. The van der Waals surface area contributed by atoms with Crippen LogP contribution in [0.4, 0.5) is 0 Å². The molecule has 18 heavy (non-hydrogen) atoms. The maximum Gasteiger partial charge on any atom is 0.306 e. The third-order valence-electron chi connectivity index (χ3n) is 3.13. The van der Waals surface area contributed by atoms with E-state index >= 15 is 0 Å². The Morgan fingerprint density at radius 1 is 1.39 bits per heavy atom. The summed E-state index contributed by atoms with van der Waals surface area (Å²) >= 11 is 1.60. The maximum atomic E-state index is 11.8. The summed E-state index contributed by atoms with van der Waals surface area (Å²) in [6, 6.07) is 0. The van der Waals surface area contributed by atoms with Gasteiger partial charge in [-0.1, -0.05) is 12.3 Å². The zero-order chi connectivity index (χ0) is 13.4. The molecule has 1 aliphatic carbocycles. The van der Waals surface area contributed by atoms with E-state index in [0.717, 1.165) is 18.6 Å². The summed E-state index contributed by atoms with van der Waals surface area (Å²) < 4.78 is 0. The summed E-state index contributed by atoms with van der Waals surface area (Å²) in [6.45, 7) is 0.597. The molecule has 0 aliphatic heterocycles. The predicted molar refractivity (Wildman–Crippen MR) is 72.3 cm³/mol. The topological polar surface area (TPSA) is 66.4 Å². The molecule has 100 valence electrons. The SMILES string of the molecule is C#CCSCCNC(=O)C1CCCC(C(=O)O)C1. The lowest BCUT2D eigenvalue weighted by Crippen LogP contribution is -2.36. The number of nitrogens with one attached hydrogen (secondary N) is 1. The number of carbonyl (C=O) groups is 2. The Bertz CT molecular complexity index is 338. The van der Waals surface area contributed by atoms with Crippen LogP contribution in [0.15, 0.2) is 0 Å². The van der Waals surface area contributed by atoms with Crippen molar-refractivity contribution in [2.75, 3.05) is 18.1 Å². The van der Waals surface area contributed by atoms with Gasteiger partial charge >= 0.3 is 5.97 Å². The van der Waals surface area contributed by atoms with Gasteiger partial charge in [-0.15, -0.1) is 18.2 Å². The Hall–Kier alpha value is -1.15. The van der Waals surface area contributed by atoms with Gasteiger partial charge in [0.2, 0.25) is 5.91 Å². The summed E-state index contributed by atoms with van der Waals surface area (Å²) in [6.07, 6.45) is 7.90. The lowest BCUT2D eigenvalue weighted by Gasteiger charge is -2.25. The average Bonchev–Trinajstić information content (AvgIpc) is 2.38. The van der Waals surface area contributed by atoms with Crippen LogP contribution in [0.3, 0.4) is 0 Å². The number of rotatable bonds is 6. The fourth-order valence-electron chi connectivity index (χ4n) is 2.17. The third-order valence-corrected chi connectivity index (χ3v) is 3.99.